The molecular formula is C17H13ClN2O3S. The number of aryl methyl sites for hydroxylation is 1. The summed E-state index contributed by atoms with van der Waals surface area (Å²) in [6, 6.07) is 10.3. The number of esters is 1. The Morgan fingerprint density at radius 1 is 1.25 bits per heavy atom. The Kier molecular flexibility index (Phi) is 4.78. The zero-order chi connectivity index (χ0) is 17.1. The average Bonchev–Trinajstić information content (AvgIpc) is 3.03. The predicted octanol–water partition coefficient (Wildman–Crippen LogP) is 4.05. The summed E-state index contributed by atoms with van der Waals surface area (Å²) < 4.78 is 5.93. The first-order valence-electron chi connectivity index (χ1n) is 7.09. The molecule has 0 fully saturated rings. The van der Waals surface area contributed by atoms with Gasteiger partial charge in [0.25, 0.3) is 5.91 Å². The van der Waals surface area contributed by atoms with Crippen molar-refractivity contribution in [3.05, 3.63) is 58.1 Å². The van der Waals surface area contributed by atoms with Crippen LogP contribution < -0.4 is 5.32 Å². The van der Waals surface area contributed by atoms with Crippen LogP contribution >= 0.6 is 22.9 Å². The predicted molar refractivity (Wildman–Crippen MR) is 94.7 cm³/mol. The van der Waals surface area contributed by atoms with Crippen molar-refractivity contribution in [2.75, 3.05) is 11.9 Å². The third-order valence-corrected chi connectivity index (χ3v) is 4.40. The highest BCUT2D eigenvalue weighted by atomic mass is 35.5. The van der Waals surface area contributed by atoms with Crippen molar-refractivity contribution in [1.82, 2.24) is 4.98 Å². The molecule has 7 heteroatoms. The number of fused-ring (bicyclic) bond motifs is 1. The molecular weight excluding hydrogens is 348 g/mol. The van der Waals surface area contributed by atoms with Gasteiger partial charge in [-0.25, -0.2) is 9.78 Å². The second-order valence-corrected chi connectivity index (χ2v) is 6.44. The molecule has 2 aromatic carbocycles. The van der Waals surface area contributed by atoms with E-state index in [0.29, 0.717) is 16.3 Å². The van der Waals surface area contributed by atoms with E-state index in [1.165, 1.54) is 11.3 Å². The van der Waals surface area contributed by atoms with Gasteiger partial charge in [-0.3, -0.25) is 4.79 Å². The number of ether oxygens (including phenoxy) is 1. The fraction of sp³-hybridized carbons (Fsp3) is 0.118. The quantitative estimate of drug-likeness (QED) is 0.712. The zero-order valence-electron chi connectivity index (χ0n) is 12.7. The maximum absolute atomic E-state index is 12.0. The molecule has 3 rings (SSSR count). The Morgan fingerprint density at radius 3 is 2.88 bits per heavy atom. The van der Waals surface area contributed by atoms with Gasteiger partial charge in [-0.05, 0) is 42.8 Å². The van der Waals surface area contributed by atoms with Crippen molar-refractivity contribution in [2.45, 2.75) is 6.92 Å². The SMILES string of the molecule is Cc1ccc(NC(=O)COC(=O)c2ccc3ncsc3c2)c(Cl)c1. The van der Waals surface area contributed by atoms with Crippen LogP contribution in [0.5, 0.6) is 0 Å². The maximum atomic E-state index is 12.0. The van der Waals surface area contributed by atoms with Gasteiger partial charge in [0.2, 0.25) is 0 Å². The highest BCUT2D eigenvalue weighted by Gasteiger charge is 2.12. The maximum Gasteiger partial charge on any atom is 0.338 e. The number of benzene rings is 2. The number of carbonyl (C=O) groups excluding carboxylic acids is 2. The van der Waals surface area contributed by atoms with Crippen molar-refractivity contribution in [3.8, 4) is 0 Å². The summed E-state index contributed by atoms with van der Waals surface area (Å²) in [7, 11) is 0. The van der Waals surface area contributed by atoms with Gasteiger partial charge in [-0.15, -0.1) is 11.3 Å². The lowest BCUT2D eigenvalue weighted by Crippen LogP contribution is -2.21. The fourth-order valence-corrected chi connectivity index (χ4v) is 3.10. The van der Waals surface area contributed by atoms with Crippen molar-refractivity contribution >= 4 is 50.7 Å². The molecule has 122 valence electrons. The van der Waals surface area contributed by atoms with E-state index >= 15 is 0 Å². The molecule has 0 aliphatic rings. The lowest BCUT2D eigenvalue weighted by Gasteiger charge is -2.08. The van der Waals surface area contributed by atoms with E-state index in [2.05, 4.69) is 10.3 Å². The Morgan fingerprint density at radius 2 is 2.08 bits per heavy atom. The second-order valence-electron chi connectivity index (χ2n) is 5.14. The number of hydrogen-bond donors (Lipinski definition) is 1. The Hall–Kier alpha value is -2.44. The fourth-order valence-electron chi connectivity index (χ4n) is 2.10. The van der Waals surface area contributed by atoms with E-state index in [4.69, 9.17) is 16.3 Å². The smallest absolute Gasteiger partial charge is 0.338 e. The van der Waals surface area contributed by atoms with E-state index < -0.39 is 11.9 Å². The molecule has 5 nitrogen and oxygen atoms in total. The molecule has 1 heterocycles. The average molecular weight is 361 g/mol. The molecule has 0 spiro atoms. The van der Waals surface area contributed by atoms with Gasteiger partial charge >= 0.3 is 5.97 Å². The molecule has 0 unspecified atom stereocenters. The van der Waals surface area contributed by atoms with Gasteiger partial charge < -0.3 is 10.1 Å². The molecule has 1 N–H and O–H groups in total. The standard InChI is InChI=1S/C17H13ClN2O3S/c1-10-2-4-13(12(18)6-10)20-16(21)8-23-17(22)11-3-5-14-15(7-11)24-9-19-14/h2-7,9H,8H2,1H3,(H,20,21). The van der Waals surface area contributed by atoms with Crippen LogP contribution in [0.25, 0.3) is 10.2 Å². The van der Waals surface area contributed by atoms with E-state index in [1.807, 2.05) is 13.0 Å². The minimum atomic E-state index is -0.560. The van der Waals surface area contributed by atoms with Crippen LogP contribution in [0.3, 0.4) is 0 Å². The first-order chi connectivity index (χ1) is 11.5. The molecule has 24 heavy (non-hydrogen) atoms. The van der Waals surface area contributed by atoms with Crippen molar-refractivity contribution < 1.29 is 14.3 Å². The minimum Gasteiger partial charge on any atom is -0.452 e. The topological polar surface area (TPSA) is 68.3 Å². The number of thiazole rings is 1. The molecule has 0 saturated heterocycles. The van der Waals surface area contributed by atoms with Gasteiger partial charge in [-0.1, -0.05) is 17.7 Å². The monoisotopic (exact) mass is 360 g/mol. The Labute approximate surface area is 147 Å². The summed E-state index contributed by atoms with van der Waals surface area (Å²) in [5.74, 6) is -1.01. The summed E-state index contributed by atoms with van der Waals surface area (Å²) in [5, 5.41) is 3.05. The molecule has 3 aromatic rings. The number of halogens is 1. The number of anilines is 1. The minimum absolute atomic E-state index is 0.382. The lowest BCUT2D eigenvalue weighted by molar-refractivity contribution is -0.119. The summed E-state index contributed by atoms with van der Waals surface area (Å²) in [5.41, 5.74) is 4.38. The summed E-state index contributed by atoms with van der Waals surface area (Å²) in [4.78, 5) is 28.1. The van der Waals surface area contributed by atoms with Crippen LogP contribution in [-0.2, 0) is 9.53 Å². The largest absolute Gasteiger partial charge is 0.452 e. The number of hydrogen-bond acceptors (Lipinski definition) is 5. The first-order valence-corrected chi connectivity index (χ1v) is 8.35. The molecule has 1 amide bonds. The van der Waals surface area contributed by atoms with Crippen molar-refractivity contribution in [3.63, 3.8) is 0 Å². The van der Waals surface area contributed by atoms with Crippen LogP contribution in [0.15, 0.2) is 41.9 Å². The normalized spacial score (nSPS) is 10.6. The highest BCUT2D eigenvalue weighted by Crippen LogP contribution is 2.23. The van der Waals surface area contributed by atoms with Crippen molar-refractivity contribution in [2.24, 2.45) is 0 Å². The number of carbonyl (C=O) groups is 2. The summed E-state index contributed by atoms with van der Waals surface area (Å²) in [6.07, 6.45) is 0. The molecule has 0 aliphatic heterocycles. The van der Waals surface area contributed by atoms with Crippen LogP contribution in [0.4, 0.5) is 5.69 Å². The molecule has 0 radical (unpaired) electrons. The summed E-state index contributed by atoms with van der Waals surface area (Å²) >= 11 is 7.48. The van der Waals surface area contributed by atoms with E-state index in [0.717, 1.165) is 15.8 Å². The van der Waals surface area contributed by atoms with Gasteiger partial charge in [-0.2, -0.15) is 0 Å². The third-order valence-electron chi connectivity index (χ3n) is 3.30. The number of aromatic nitrogens is 1. The lowest BCUT2D eigenvalue weighted by atomic mass is 10.2. The molecule has 0 saturated carbocycles. The molecule has 0 aliphatic carbocycles. The Balaban J connectivity index is 1.60. The van der Waals surface area contributed by atoms with Crippen LogP contribution in [0.1, 0.15) is 15.9 Å². The van der Waals surface area contributed by atoms with Crippen LogP contribution in [0, 0.1) is 6.92 Å². The number of amides is 1. The first kappa shape index (κ1) is 16.4. The van der Waals surface area contributed by atoms with Crippen LogP contribution in [-0.4, -0.2) is 23.5 Å². The van der Waals surface area contributed by atoms with E-state index in [9.17, 15) is 9.59 Å². The van der Waals surface area contributed by atoms with Crippen molar-refractivity contribution in [1.29, 1.82) is 0 Å². The van der Waals surface area contributed by atoms with Gasteiger partial charge in [0.05, 0.1) is 32.0 Å². The highest BCUT2D eigenvalue weighted by molar-refractivity contribution is 7.16. The summed E-state index contributed by atoms with van der Waals surface area (Å²) in [6.45, 7) is 1.52. The Bertz CT molecular complexity index is 923. The van der Waals surface area contributed by atoms with E-state index in [1.54, 1.807) is 35.8 Å². The number of nitrogens with one attached hydrogen (secondary N) is 1. The zero-order valence-corrected chi connectivity index (χ0v) is 14.3. The second kappa shape index (κ2) is 6.98. The van der Waals surface area contributed by atoms with Gasteiger partial charge in [0.15, 0.2) is 6.61 Å². The van der Waals surface area contributed by atoms with E-state index in [-0.39, 0.29) is 6.61 Å². The number of nitrogens with zero attached hydrogens (tertiary/aromatic N) is 1. The van der Waals surface area contributed by atoms with Gasteiger partial charge in [0.1, 0.15) is 0 Å². The molecule has 0 bridgehead atoms. The third kappa shape index (κ3) is 3.72. The van der Waals surface area contributed by atoms with Crippen LogP contribution in [0.2, 0.25) is 5.02 Å². The van der Waals surface area contributed by atoms with Gasteiger partial charge in [0, 0.05) is 0 Å². The molecule has 0 atom stereocenters. The number of rotatable bonds is 4. The molecule has 1 aromatic heterocycles.